The second kappa shape index (κ2) is 7.67. The van der Waals surface area contributed by atoms with Gasteiger partial charge in [0.1, 0.15) is 0 Å². The van der Waals surface area contributed by atoms with Crippen molar-refractivity contribution < 1.29 is 0 Å². The molecule has 4 rings (SSSR count). The Morgan fingerprint density at radius 3 is 2.27 bits per heavy atom. The van der Waals surface area contributed by atoms with Crippen LogP contribution in [0.25, 0.3) is 6.08 Å². The molecule has 2 aromatic rings. The van der Waals surface area contributed by atoms with Gasteiger partial charge in [-0.25, -0.2) is 0 Å². The second-order valence-electron chi connectivity index (χ2n) is 6.56. The minimum absolute atomic E-state index is 0.139. The summed E-state index contributed by atoms with van der Waals surface area (Å²) in [6.07, 6.45) is 5.58. The van der Waals surface area contributed by atoms with Crippen LogP contribution in [0.1, 0.15) is 36.4 Å². The molecule has 0 amide bonds. The summed E-state index contributed by atoms with van der Waals surface area (Å²) >= 11 is 12.5. The monoisotopic (exact) mass is 488 g/mol. The molecule has 2 aromatic carbocycles. The molecule has 0 radical (unpaired) electrons. The maximum absolute atomic E-state index is 5.51. The summed E-state index contributed by atoms with van der Waals surface area (Å²) in [6.45, 7) is 0. The van der Waals surface area contributed by atoms with Gasteiger partial charge in [0.05, 0.1) is 6.04 Å². The molecule has 5 heteroatoms. The molecular weight excluding hydrogens is 472 g/mol. The zero-order valence-corrected chi connectivity index (χ0v) is 18.0. The van der Waals surface area contributed by atoms with Crippen LogP contribution in [-0.2, 0) is 0 Å². The third-order valence-corrected chi connectivity index (χ3v) is 6.09. The van der Waals surface area contributed by atoms with Gasteiger partial charge in [-0.3, -0.25) is 0 Å². The van der Waals surface area contributed by atoms with Crippen LogP contribution in [0.2, 0.25) is 0 Å². The zero-order chi connectivity index (χ0) is 18.1. The molecule has 0 fully saturated rings. The Hall–Kier alpha value is -1.43. The zero-order valence-electron chi connectivity index (χ0n) is 14.1. The lowest BCUT2D eigenvalue weighted by atomic mass is 9.83. The average molecular weight is 490 g/mol. The summed E-state index contributed by atoms with van der Waals surface area (Å²) in [6, 6.07) is 17.1. The van der Waals surface area contributed by atoms with E-state index in [1.54, 1.807) is 0 Å². The van der Waals surface area contributed by atoms with Gasteiger partial charge in [0, 0.05) is 14.6 Å². The first-order chi connectivity index (χ1) is 12.6. The van der Waals surface area contributed by atoms with E-state index in [4.69, 9.17) is 12.2 Å². The fraction of sp³-hybridized carbons (Fsp3) is 0.190. The highest BCUT2D eigenvalue weighted by molar-refractivity contribution is 9.10. The van der Waals surface area contributed by atoms with Crippen molar-refractivity contribution in [1.82, 2.24) is 10.6 Å². The van der Waals surface area contributed by atoms with Crippen LogP contribution in [0.5, 0.6) is 0 Å². The number of rotatable bonds is 2. The number of hydrogen-bond donors (Lipinski definition) is 2. The molecule has 0 aromatic heterocycles. The van der Waals surface area contributed by atoms with Gasteiger partial charge in [0.15, 0.2) is 5.11 Å². The van der Waals surface area contributed by atoms with Gasteiger partial charge in [-0.15, -0.1) is 0 Å². The first-order valence-corrected chi connectivity index (χ1v) is 10.6. The lowest BCUT2D eigenvalue weighted by Gasteiger charge is -2.36. The van der Waals surface area contributed by atoms with Crippen molar-refractivity contribution in [2.45, 2.75) is 25.3 Å². The van der Waals surface area contributed by atoms with Crippen molar-refractivity contribution in [2.75, 3.05) is 0 Å². The summed E-state index contributed by atoms with van der Waals surface area (Å²) in [5, 5.41) is 7.58. The minimum Gasteiger partial charge on any atom is -0.352 e. The molecule has 0 unspecified atom stereocenters. The summed E-state index contributed by atoms with van der Waals surface area (Å²) in [4.78, 5) is 0. The third-order valence-electron chi connectivity index (χ3n) is 4.81. The quantitative estimate of drug-likeness (QED) is 0.487. The van der Waals surface area contributed by atoms with Gasteiger partial charge in [0.2, 0.25) is 0 Å². The molecule has 0 saturated carbocycles. The molecule has 0 spiro atoms. The van der Waals surface area contributed by atoms with E-state index < -0.39 is 0 Å². The first-order valence-electron chi connectivity index (χ1n) is 8.63. The van der Waals surface area contributed by atoms with Gasteiger partial charge in [0.25, 0.3) is 0 Å². The summed E-state index contributed by atoms with van der Waals surface area (Å²) < 4.78 is 2.19. The van der Waals surface area contributed by atoms with Gasteiger partial charge in [-0.2, -0.15) is 0 Å². The minimum atomic E-state index is 0.139. The lowest BCUT2D eigenvalue weighted by molar-refractivity contribution is 0.609. The van der Waals surface area contributed by atoms with Crippen molar-refractivity contribution in [2.24, 2.45) is 0 Å². The number of allylic oxidation sites excluding steroid dienone is 1. The molecule has 0 bridgehead atoms. The standard InChI is InChI=1S/C21H18Br2N2S/c22-16-8-4-13(5-9-16)12-15-2-1-3-18-19(24-21(26)25-20(15)18)14-6-10-17(23)11-7-14/h4-12,19H,1-3H2,(H2,24,25,26)/b15-12-/t19-/m1/s1. The van der Waals surface area contributed by atoms with Gasteiger partial charge < -0.3 is 10.6 Å². The Labute approximate surface area is 176 Å². The van der Waals surface area contributed by atoms with Crippen LogP contribution in [0.4, 0.5) is 0 Å². The van der Waals surface area contributed by atoms with Crippen LogP contribution in [-0.4, -0.2) is 5.11 Å². The fourth-order valence-corrected chi connectivity index (χ4v) is 4.34. The van der Waals surface area contributed by atoms with E-state index in [9.17, 15) is 0 Å². The Balaban J connectivity index is 1.75. The Morgan fingerprint density at radius 1 is 0.923 bits per heavy atom. The van der Waals surface area contributed by atoms with Crippen molar-refractivity contribution in [3.8, 4) is 0 Å². The van der Waals surface area contributed by atoms with Crippen molar-refractivity contribution in [3.63, 3.8) is 0 Å². The Morgan fingerprint density at radius 2 is 1.58 bits per heavy atom. The fourth-order valence-electron chi connectivity index (χ4n) is 3.59. The van der Waals surface area contributed by atoms with E-state index in [2.05, 4.69) is 97.1 Å². The first kappa shape index (κ1) is 18.0. The van der Waals surface area contributed by atoms with E-state index in [0.29, 0.717) is 5.11 Å². The van der Waals surface area contributed by atoms with Crippen molar-refractivity contribution in [1.29, 1.82) is 0 Å². The number of halogens is 2. The van der Waals surface area contributed by atoms with Crippen LogP contribution in [0.3, 0.4) is 0 Å². The average Bonchev–Trinajstić information content (AvgIpc) is 2.64. The SMILES string of the molecule is S=C1NC2=C(CCC/C2=C/c2ccc(Br)cc2)[C@@H](c2ccc(Br)cc2)N1. The molecule has 26 heavy (non-hydrogen) atoms. The van der Waals surface area contributed by atoms with Crippen LogP contribution in [0, 0.1) is 0 Å². The topological polar surface area (TPSA) is 24.1 Å². The van der Waals surface area contributed by atoms with E-state index >= 15 is 0 Å². The Kier molecular flexibility index (Phi) is 5.30. The molecular formula is C21H18Br2N2S. The molecule has 0 saturated heterocycles. The van der Waals surface area contributed by atoms with Gasteiger partial charge >= 0.3 is 0 Å². The summed E-state index contributed by atoms with van der Waals surface area (Å²) in [5.74, 6) is 0. The summed E-state index contributed by atoms with van der Waals surface area (Å²) in [5.41, 5.74) is 6.39. The number of benzene rings is 2. The molecule has 2 nitrogen and oxygen atoms in total. The maximum Gasteiger partial charge on any atom is 0.171 e. The molecule has 1 aliphatic heterocycles. The number of hydrogen-bond acceptors (Lipinski definition) is 1. The predicted octanol–water partition coefficient (Wildman–Crippen LogP) is 6.25. The lowest BCUT2D eigenvalue weighted by Crippen LogP contribution is -2.45. The highest BCUT2D eigenvalue weighted by atomic mass is 79.9. The largest absolute Gasteiger partial charge is 0.352 e. The van der Waals surface area contributed by atoms with Gasteiger partial charge in [-0.1, -0.05) is 56.1 Å². The molecule has 132 valence electrons. The third kappa shape index (κ3) is 3.80. The smallest absolute Gasteiger partial charge is 0.171 e. The van der Waals surface area contributed by atoms with Gasteiger partial charge in [-0.05, 0) is 84.1 Å². The molecule has 1 atom stereocenters. The highest BCUT2D eigenvalue weighted by Gasteiger charge is 2.30. The molecule has 2 aliphatic rings. The number of thiocarbonyl (C=S) groups is 1. The van der Waals surface area contributed by atoms with Crippen molar-refractivity contribution in [3.05, 3.63) is 85.4 Å². The van der Waals surface area contributed by atoms with E-state index in [1.807, 2.05) is 0 Å². The van der Waals surface area contributed by atoms with Crippen LogP contribution in [0.15, 0.2) is 74.3 Å². The number of nitrogens with one attached hydrogen (secondary N) is 2. The van der Waals surface area contributed by atoms with E-state index in [-0.39, 0.29) is 6.04 Å². The molecule has 1 heterocycles. The van der Waals surface area contributed by atoms with E-state index in [0.717, 1.165) is 28.2 Å². The second-order valence-corrected chi connectivity index (χ2v) is 8.80. The Bertz CT molecular complexity index is 899. The molecule has 2 N–H and O–H groups in total. The highest BCUT2D eigenvalue weighted by Crippen LogP contribution is 2.38. The van der Waals surface area contributed by atoms with E-state index in [1.165, 1.54) is 28.0 Å². The predicted molar refractivity (Wildman–Crippen MR) is 119 cm³/mol. The maximum atomic E-state index is 5.51. The van der Waals surface area contributed by atoms with Crippen LogP contribution >= 0.6 is 44.1 Å². The molecule has 1 aliphatic carbocycles. The van der Waals surface area contributed by atoms with Crippen LogP contribution < -0.4 is 10.6 Å². The van der Waals surface area contributed by atoms with Crippen molar-refractivity contribution >= 4 is 55.3 Å². The normalized spacial score (nSPS) is 21.2. The summed E-state index contributed by atoms with van der Waals surface area (Å²) in [7, 11) is 0.